The summed E-state index contributed by atoms with van der Waals surface area (Å²) in [7, 11) is 0. The Morgan fingerprint density at radius 2 is 1.56 bits per heavy atom. The summed E-state index contributed by atoms with van der Waals surface area (Å²) in [6.45, 7) is 0. The van der Waals surface area contributed by atoms with Crippen LogP contribution in [-0.4, -0.2) is 13.9 Å². The van der Waals surface area contributed by atoms with E-state index in [1.165, 1.54) is 0 Å². The van der Waals surface area contributed by atoms with Gasteiger partial charge in [0.2, 0.25) is 16.2 Å². The lowest BCUT2D eigenvalue weighted by Gasteiger charge is -2.06. The van der Waals surface area contributed by atoms with E-state index in [1.807, 2.05) is 36.4 Å². The third-order valence-electron chi connectivity index (χ3n) is 2.18. The third-order valence-corrected chi connectivity index (χ3v) is 2.70. The molecule has 0 spiro atoms. The van der Waals surface area contributed by atoms with Crippen LogP contribution in [0.3, 0.4) is 0 Å². The summed E-state index contributed by atoms with van der Waals surface area (Å²) >= 11 is -2.17. The van der Waals surface area contributed by atoms with E-state index in [-0.39, 0.29) is 5.17 Å². The third kappa shape index (κ3) is 3.51. The fraction of sp³-hybridized carbons (Fsp3) is 0. The Hall–Kier alpha value is -1.98. The second-order valence-electron chi connectivity index (χ2n) is 3.49. The van der Waals surface area contributed by atoms with Gasteiger partial charge in [-0.2, -0.15) is 0 Å². The fourth-order valence-corrected chi connectivity index (χ4v) is 1.76. The highest BCUT2D eigenvalue weighted by atomic mass is 32.2. The fourth-order valence-electron chi connectivity index (χ4n) is 1.38. The molecule has 0 amide bonds. The SMILES string of the molecule is O=S(O)C(=Nc1ccccc1)Nc1ccccc1. The lowest BCUT2D eigenvalue weighted by molar-refractivity contribution is 0.577. The molecule has 0 aliphatic carbocycles. The molecule has 18 heavy (non-hydrogen) atoms. The predicted octanol–water partition coefficient (Wildman–Crippen LogP) is 3.01. The van der Waals surface area contributed by atoms with Crippen molar-refractivity contribution in [1.29, 1.82) is 0 Å². The molecule has 5 heteroatoms. The second kappa shape index (κ2) is 6.09. The lowest BCUT2D eigenvalue weighted by Crippen LogP contribution is -2.17. The van der Waals surface area contributed by atoms with Gasteiger partial charge in [0.15, 0.2) is 0 Å². The maximum Gasteiger partial charge on any atom is 0.225 e. The Labute approximate surface area is 108 Å². The van der Waals surface area contributed by atoms with Gasteiger partial charge in [-0.15, -0.1) is 0 Å². The largest absolute Gasteiger partial charge is 0.331 e. The minimum Gasteiger partial charge on any atom is -0.331 e. The van der Waals surface area contributed by atoms with Gasteiger partial charge in [0, 0.05) is 5.69 Å². The number of nitrogens with zero attached hydrogens (tertiary/aromatic N) is 1. The zero-order valence-corrected chi connectivity index (χ0v) is 10.3. The molecular formula is C13H12N2O2S. The second-order valence-corrected chi connectivity index (χ2v) is 4.38. The highest BCUT2D eigenvalue weighted by molar-refractivity contribution is 7.95. The number of amidine groups is 1. The van der Waals surface area contributed by atoms with Crippen molar-refractivity contribution in [2.24, 2.45) is 4.99 Å². The van der Waals surface area contributed by atoms with Gasteiger partial charge in [-0.25, -0.2) is 9.20 Å². The normalized spacial score (nSPS) is 13.1. The van der Waals surface area contributed by atoms with Crippen LogP contribution in [0.15, 0.2) is 65.7 Å². The number of nitrogens with one attached hydrogen (secondary N) is 1. The highest BCUT2D eigenvalue weighted by Gasteiger charge is 2.07. The summed E-state index contributed by atoms with van der Waals surface area (Å²) in [5, 5.41) is 2.83. The number of hydrogen-bond acceptors (Lipinski definition) is 2. The molecule has 0 radical (unpaired) electrons. The van der Waals surface area contributed by atoms with Gasteiger partial charge in [-0.05, 0) is 24.3 Å². The average molecular weight is 260 g/mol. The van der Waals surface area contributed by atoms with Crippen molar-refractivity contribution in [2.45, 2.75) is 0 Å². The number of anilines is 1. The molecule has 2 aromatic rings. The van der Waals surface area contributed by atoms with Crippen molar-refractivity contribution in [3.05, 3.63) is 60.7 Å². The average Bonchev–Trinajstić information content (AvgIpc) is 2.40. The Kier molecular flexibility index (Phi) is 4.22. The summed E-state index contributed by atoms with van der Waals surface area (Å²) in [4.78, 5) is 4.11. The Morgan fingerprint density at radius 1 is 1.00 bits per heavy atom. The van der Waals surface area contributed by atoms with Gasteiger partial charge >= 0.3 is 0 Å². The van der Waals surface area contributed by atoms with Crippen LogP contribution in [0.25, 0.3) is 0 Å². The number of para-hydroxylation sites is 2. The molecular weight excluding hydrogens is 248 g/mol. The predicted molar refractivity (Wildman–Crippen MR) is 74.4 cm³/mol. The topological polar surface area (TPSA) is 61.7 Å². The zero-order valence-electron chi connectivity index (χ0n) is 9.48. The Balaban J connectivity index is 2.25. The zero-order chi connectivity index (χ0) is 12.8. The standard InChI is InChI=1S/C13H12N2O2S/c16-18(17)13(14-11-7-3-1-4-8-11)15-12-9-5-2-6-10-12/h1-10H,(H,14,15)(H,16,17). The maximum atomic E-state index is 11.2. The van der Waals surface area contributed by atoms with Crippen LogP contribution >= 0.6 is 0 Å². The van der Waals surface area contributed by atoms with E-state index in [0.29, 0.717) is 5.69 Å². The molecule has 2 rings (SSSR count). The van der Waals surface area contributed by atoms with E-state index in [9.17, 15) is 8.76 Å². The molecule has 2 N–H and O–H groups in total. The quantitative estimate of drug-likeness (QED) is 0.495. The first-order valence-corrected chi connectivity index (χ1v) is 6.43. The molecule has 4 nitrogen and oxygen atoms in total. The van der Waals surface area contributed by atoms with E-state index in [0.717, 1.165) is 5.69 Å². The van der Waals surface area contributed by atoms with Gasteiger partial charge in [0.25, 0.3) is 0 Å². The first-order chi connectivity index (χ1) is 8.75. The van der Waals surface area contributed by atoms with Crippen LogP contribution in [0.5, 0.6) is 0 Å². The molecule has 0 heterocycles. The molecule has 2 aromatic carbocycles. The smallest absolute Gasteiger partial charge is 0.225 e. The van der Waals surface area contributed by atoms with Gasteiger partial charge in [0.1, 0.15) is 0 Å². The minimum absolute atomic E-state index is 0.00685. The van der Waals surface area contributed by atoms with Crippen LogP contribution in [0.4, 0.5) is 11.4 Å². The van der Waals surface area contributed by atoms with Crippen LogP contribution in [0.2, 0.25) is 0 Å². The van der Waals surface area contributed by atoms with E-state index in [2.05, 4.69) is 10.3 Å². The monoisotopic (exact) mass is 260 g/mol. The van der Waals surface area contributed by atoms with E-state index in [1.54, 1.807) is 24.3 Å². The molecule has 0 fully saturated rings. The molecule has 0 aromatic heterocycles. The van der Waals surface area contributed by atoms with Crippen molar-refractivity contribution < 1.29 is 8.76 Å². The minimum atomic E-state index is -2.17. The number of hydrogen-bond donors (Lipinski definition) is 2. The maximum absolute atomic E-state index is 11.2. The number of rotatable bonds is 2. The number of aliphatic imine (C=N–C) groups is 1. The Morgan fingerprint density at radius 3 is 2.11 bits per heavy atom. The highest BCUT2D eigenvalue weighted by Crippen LogP contribution is 2.12. The summed E-state index contributed by atoms with van der Waals surface area (Å²) in [5.74, 6) is 0. The molecule has 0 aliphatic rings. The van der Waals surface area contributed by atoms with Gasteiger partial charge < -0.3 is 5.32 Å². The van der Waals surface area contributed by atoms with Crippen molar-refractivity contribution in [3.63, 3.8) is 0 Å². The first kappa shape index (κ1) is 12.5. The summed E-state index contributed by atoms with van der Waals surface area (Å²) < 4.78 is 20.4. The van der Waals surface area contributed by atoms with Crippen molar-refractivity contribution in [2.75, 3.05) is 5.32 Å². The molecule has 0 saturated carbocycles. The van der Waals surface area contributed by atoms with Crippen LogP contribution in [0, 0.1) is 0 Å². The van der Waals surface area contributed by atoms with E-state index in [4.69, 9.17) is 0 Å². The van der Waals surface area contributed by atoms with Crippen molar-refractivity contribution in [3.8, 4) is 0 Å². The summed E-state index contributed by atoms with van der Waals surface area (Å²) in [5.41, 5.74) is 1.34. The van der Waals surface area contributed by atoms with Crippen molar-refractivity contribution in [1.82, 2.24) is 0 Å². The van der Waals surface area contributed by atoms with Crippen molar-refractivity contribution >= 4 is 27.6 Å². The Bertz CT molecular complexity index is 556. The molecule has 0 bridgehead atoms. The summed E-state index contributed by atoms with van der Waals surface area (Å²) in [6.07, 6.45) is 0. The van der Waals surface area contributed by atoms with Gasteiger partial charge in [-0.3, -0.25) is 4.55 Å². The lowest BCUT2D eigenvalue weighted by atomic mass is 10.3. The molecule has 0 saturated heterocycles. The van der Waals surface area contributed by atoms with Gasteiger partial charge in [-0.1, -0.05) is 36.4 Å². The van der Waals surface area contributed by atoms with E-state index < -0.39 is 11.1 Å². The molecule has 1 unspecified atom stereocenters. The van der Waals surface area contributed by atoms with Gasteiger partial charge in [0.05, 0.1) is 5.69 Å². The molecule has 0 aliphatic heterocycles. The van der Waals surface area contributed by atoms with Crippen LogP contribution in [-0.2, 0) is 11.1 Å². The molecule has 92 valence electrons. The number of benzene rings is 2. The summed E-state index contributed by atoms with van der Waals surface area (Å²) in [6, 6.07) is 18.2. The van der Waals surface area contributed by atoms with Crippen LogP contribution < -0.4 is 5.32 Å². The van der Waals surface area contributed by atoms with Crippen LogP contribution in [0.1, 0.15) is 0 Å². The molecule has 1 atom stereocenters. The first-order valence-electron chi connectivity index (χ1n) is 5.32. The van der Waals surface area contributed by atoms with E-state index >= 15 is 0 Å².